The lowest BCUT2D eigenvalue weighted by atomic mass is 10.2. The normalized spacial score (nSPS) is 11.4. The molecule has 0 fully saturated rings. The number of anilines is 1. The Bertz CT molecular complexity index is 1090. The van der Waals surface area contributed by atoms with Crippen LogP contribution in [-0.4, -0.2) is 23.3 Å². The number of methoxy groups -OCH3 is 1. The van der Waals surface area contributed by atoms with Crippen molar-refractivity contribution in [1.82, 2.24) is 9.97 Å². The van der Waals surface area contributed by atoms with Crippen molar-refractivity contribution in [2.45, 2.75) is 0 Å². The van der Waals surface area contributed by atoms with Gasteiger partial charge in [-0.2, -0.15) is 5.10 Å². The zero-order valence-corrected chi connectivity index (χ0v) is 14.2. The number of H-pyrrole nitrogens is 1. The molecule has 0 aliphatic rings. The lowest BCUT2D eigenvalue weighted by Crippen LogP contribution is -1.92. The van der Waals surface area contributed by atoms with E-state index in [2.05, 4.69) is 20.5 Å². The summed E-state index contributed by atoms with van der Waals surface area (Å²) in [6.45, 7) is 0. The number of ether oxygens (including phenoxy) is 1. The van der Waals surface area contributed by atoms with Gasteiger partial charge in [0.2, 0.25) is 0 Å². The third-order valence-electron chi connectivity index (χ3n) is 4.01. The van der Waals surface area contributed by atoms with Gasteiger partial charge in [0.05, 0.1) is 24.5 Å². The maximum atomic E-state index is 6.02. The molecule has 0 saturated carbocycles. The lowest BCUT2D eigenvalue weighted by molar-refractivity contribution is 0.415. The predicted molar refractivity (Wildman–Crippen MR) is 103 cm³/mol. The van der Waals surface area contributed by atoms with Gasteiger partial charge in [-0.15, -0.1) is 0 Å². The highest BCUT2D eigenvalue weighted by Crippen LogP contribution is 2.25. The standard InChI is InChI=1S/C19H15ClN4O/c1-25-14-3-5-17-16(9-14)12(10-22-17)11-23-24-18-6-7-21-19-8-13(20)2-4-15(18)19/h2-11,22H,1H3,(H,21,24)/b23-11+. The van der Waals surface area contributed by atoms with Gasteiger partial charge in [0.15, 0.2) is 0 Å². The van der Waals surface area contributed by atoms with E-state index in [0.717, 1.165) is 38.8 Å². The van der Waals surface area contributed by atoms with E-state index < -0.39 is 0 Å². The monoisotopic (exact) mass is 350 g/mol. The van der Waals surface area contributed by atoms with Gasteiger partial charge >= 0.3 is 0 Å². The molecule has 4 aromatic rings. The maximum Gasteiger partial charge on any atom is 0.119 e. The number of hydrazone groups is 1. The van der Waals surface area contributed by atoms with Gasteiger partial charge < -0.3 is 9.72 Å². The Labute approximate surface area is 149 Å². The molecule has 0 unspecified atom stereocenters. The molecule has 0 radical (unpaired) electrons. The van der Waals surface area contributed by atoms with E-state index >= 15 is 0 Å². The minimum absolute atomic E-state index is 0.661. The van der Waals surface area contributed by atoms with Gasteiger partial charge in [0, 0.05) is 39.3 Å². The summed E-state index contributed by atoms with van der Waals surface area (Å²) in [7, 11) is 1.66. The summed E-state index contributed by atoms with van der Waals surface area (Å²) in [6.07, 6.45) is 5.42. The number of nitrogens with one attached hydrogen (secondary N) is 2. The first kappa shape index (κ1) is 15.5. The van der Waals surface area contributed by atoms with Gasteiger partial charge in [0.25, 0.3) is 0 Å². The number of nitrogens with zero attached hydrogens (tertiary/aromatic N) is 2. The van der Waals surface area contributed by atoms with Crippen LogP contribution < -0.4 is 10.2 Å². The molecule has 0 saturated heterocycles. The van der Waals surface area contributed by atoms with E-state index in [1.165, 1.54) is 0 Å². The van der Waals surface area contributed by atoms with Crippen LogP contribution in [0.2, 0.25) is 5.02 Å². The number of aromatic amines is 1. The number of benzene rings is 2. The Kier molecular flexibility index (Phi) is 3.99. The number of fused-ring (bicyclic) bond motifs is 2. The van der Waals surface area contributed by atoms with Crippen molar-refractivity contribution in [2.75, 3.05) is 12.5 Å². The molecule has 5 nitrogen and oxygen atoms in total. The minimum Gasteiger partial charge on any atom is -0.497 e. The molecule has 2 N–H and O–H groups in total. The molecule has 2 aromatic heterocycles. The predicted octanol–water partition coefficient (Wildman–Crippen LogP) is 4.82. The highest BCUT2D eigenvalue weighted by Gasteiger charge is 2.04. The molecule has 0 amide bonds. The summed E-state index contributed by atoms with van der Waals surface area (Å²) in [6, 6.07) is 13.4. The molecule has 6 heteroatoms. The fourth-order valence-corrected chi connectivity index (χ4v) is 2.91. The number of pyridine rings is 1. The number of halogens is 1. The van der Waals surface area contributed by atoms with Crippen molar-refractivity contribution >= 4 is 45.3 Å². The fraction of sp³-hybridized carbons (Fsp3) is 0.0526. The second-order valence-electron chi connectivity index (χ2n) is 5.55. The van der Waals surface area contributed by atoms with Crippen molar-refractivity contribution in [2.24, 2.45) is 5.10 Å². The zero-order chi connectivity index (χ0) is 17.2. The second-order valence-corrected chi connectivity index (χ2v) is 5.98. The average Bonchev–Trinajstić information content (AvgIpc) is 3.03. The summed E-state index contributed by atoms with van der Waals surface area (Å²) in [5.74, 6) is 0.812. The number of aromatic nitrogens is 2. The van der Waals surface area contributed by atoms with Gasteiger partial charge in [-0.1, -0.05) is 11.6 Å². The van der Waals surface area contributed by atoms with Crippen LogP contribution in [-0.2, 0) is 0 Å². The molecule has 0 aliphatic carbocycles. The van der Waals surface area contributed by atoms with Gasteiger partial charge in [-0.05, 0) is 42.5 Å². The van der Waals surface area contributed by atoms with Crippen LogP contribution in [0, 0.1) is 0 Å². The minimum atomic E-state index is 0.661. The first-order valence-corrected chi connectivity index (χ1v) is 8.11. The molecule has 2 aromatic carbocycles. The Morgan fingerprint density at radius 3 is 2.96 bits per heavy atom. The third-order valence-corrected chi connectivity index (χ3v) is 4.25. The highest BCUT2D eigenvalue weighted by atomic mass is 35.5. The van der Waals surface area contributed by atoms with Crippen molar-refractivity contribution in [3.8, 4) is 5.75 Å². The van der Waals surface area contributed by atoms with E-state index in [4.69, 9.17) is 16.3 Å². The van der Waals surface area contributed by atoms with Crippen LogP contribution in [0.25, 0.3) is 21.8 Å². The molecule has 0 bridgehead atoms. The second kappa shape index (κ2) is 6.45. The Morgan fingerprint density at radius 2 is 2.08 bits per heavy atom. The van der Waals surface area contributed by atoms with E-state index in [1.54, 1.807) is 19.5 Å². The van der Waals surface area contributed by atoms with Crippen LogP contribution in [0.15, 0.2) is 60.0 Å². The van der Waals surface area contributed by atoms with Crippen molar-refractivity contribution in [3.63, 3.8) is 0 Å². The molecule has 4 rings (SSSR count). The highest BCUT2D eigenvalue weighted by molar-refractivity contribution is 6.31. The smallest absolute Gasteiger partial charge is 0.119 e. The summed E-state index contributed by atoms with van der Waals surface area (Å²) in [4.78, 5) is 7.55. The van der Waals surface area contributed by atoms with E-state index in [1.807, 2.05) is 48.7 Å². The van der Waals surface area contributed by atoms with Crippen molar-refractivity contribution in [3.05, 3.63) is 65.4 Å². The van der Waals surface area contributed by atoms with Crippen LogP contribution in [0.3, 0.4) is 0 Å². The summed E-state index contributed by atoms with van der Waals surface area (Å²) < 4.78 is 5.29. The molecule has 0 aliphatic heterocycles. The Balaban J connectivity index is 1.63. The van der Waals surface area contributed by atoms with Gasteiger partial charge in [-0.25, -0.2) is 0 Å². The SMILES string of the molecule is COc1ccc2[nH]cc(/C=N/Nc3ccnc4cc(Cl)ccc34)c2c1. The summed E-state index contributed by atoms with van der Waals surface area (Å²) in [5, 5.41) is 7.04. The van der Waals surface area contributed by atoms with Gasteiger partial charge in [-0.3, -0.25) is 10.4 Å². The fourth-order valence-electron chi connectivity index (χ4n) is 2.75. The third kappa shape index (κ3) is 3.02. The largest absolute Gasteiger partial charge is 0.497 e. The topological polar surface area (TPSA) is 62.3 Å². The molecular weight excluding hydrogens is 336 g/mol. The Hall–Kier alpha value is -3.05. The van der Waals surface area contributed by atoms with Crippen molar-refractivity contribution in [1.29, 1.82) is 0 Å². The Morgan fingerprint density at radius 1 is 1.16 bits per heavy atom. The maximum absolute atomic E-state index is 6.02. The molecule has 25 heavy (non-hydrogen) atoms. The summed E-state index contributed by atoms with van der Waals surface area (Å²) >= 11 is 6.02. The number of hydrogen-bond acceptors (Lipinski definition) is 4. The number of hydrogen-bond donors (Lipinski definition) is 2. The van der Waals surface area contributed by atoms with Crippen molar-refractivity contribution < 1.29 is 4.74 Å². The van der Waals surface area contributed by atoms with Crippen LogP contribution in [0.4, 0.5) is 5.69 Å². The molecule has 2 heterocycles. The first-order valence-electron chi connectivity index (χ1n) is 7.73. The van der Waals surface area contributed by atoms with Crippen LogP contribution in [0.5, 0.6) is 5.75 Å². The summed E-state index contributed by atoms with van der Waals surface area (Å²) in [5.41, 5.74) is 6.78. The average molecular weight is 351 g/mol. The molecular formula is C19H15ClN4O. The van der Waals surface area contributed by atoms with E-state index in [0.29, 0.717) is 5.02 Å². The molecule has 0 atom stereocenters. The van der Waals surface area contributed by atoms with Crippen LogP contribution in [0.1, 0.15) is 5.56 Å². The number of rotatable bonds is 4. The molecule has 0 spiro atoms. The van der Waals surface area contributed by atoms with Gasteiger partial charge in [0.1, 0.15) is 5.75 Å². The van der Waals surface area contributed by atoms with Crippen LogP contribution >= 0.6 is 11.6 Å². The van der Waals surface area contributed by atoms with E-state index in [-0.39, 0.29) is 0 Å². The lowest BCUT2D eigenvalue weighted by Gasteiger charge is -2.05. The zero-order valence-electron chi connectivity index (χ0n) is 13.5. The first-order chi connectivity index (χ1) is 12.2. The molecule has 124 valence electrons. The van der Waals surface area contributed by atoms with E-state index in [9.17, 15) is 0 Å². The quantitative estimate of drug-likeness (QED) is 0.409.